The summed E-state index contributed by atoms with van der Waals surface area (Å²) >= 11 is 1.69. The molecule has 0 aliphatic carbocycles. The molecule has 1 aromatic heterocycles. The molecule has 68 valence electrons. The Balaban J connectivity index is 2.42. The minimum absolute atomic E-state index is 0.720. The highest BCUT2D eigenvalue weighted by Crippen LogP contribution is 2.20. The van der Waals surface area contributed by atoms with Crippen molar-refractivity contribution in [2.24, 2.45) is 0 Å². The lowest BCUT2D eigenvalue weighted by atomic mass is 10.4. The van der Waals surface area contributed by atoms with Crippen molar-refractivity contribution in [3.05, 3.63) is 10.6 Å². The van der Waals surface area contributed by atoms with Crippen LogP contribution in [0.15, 0.2) is 0 Å². The number of hydrogen-bond acceptors (Lipinski definition) is 4. The minimum Gasteiger partial charge on any atom is -0.383 e. The third kappa shape index (κ3) is 2.46. The SMILES string of the molecule is COCCNc1nc(C)c(C)s1. The van der Waals surface area contributed by atoms with Crippen LogP contribution >= 0.6 is 11.3 Å². The van der Waals surface area contributed by atoms with E-state index in [2.05, 4.69) is 17.2 Å². The Labute approximate surface area is 76.8 Å². The van der Waals surface area contributed by atoms with Gasteiger partial charge in [0.1, 0.15) is 0 Å². The Morgan fingerprint density at radius 3 is 2.75 bits per heavy atom. The normalized spacial score (nSPS) is 10.2. The van der Waals surface area contributed by atoms with E-state index < -0.39 is 0 Å². The number of anilines is 1. The molecule has 4 heteroatoms. The molecule has 0 radical (unpaired) electrons. The molecule has 0 aliphatic rings. The summed E-state index contributed by atoms with van der Waals surface area (Å²) in [7, 11) is 1.69. The van der Waals surface area contributed by atoms with Crippen molar-refractivity contribution >= 4 is 16.5 Å². The van der Waals surface area contributed by atoms with E-state index in [0.717, 1.165) is 24.0 Å². The molecule has 0 saturated carbocycles. The first-order chi connectivity index (χ1) is 5.74. The standard InChI is InChI=1S/C8H14N2OS/c1-6-7(2)12-8(10-6)9-4-5-11-3/h4-5H2,1-3H3,(H,9,10). The second-order valence-electron chi connectivity index (χ2n) is 2.58. The molecule has 12 heavy (non-hydrogen) atoms. The van der Waals surface area contributed by atoms with Gasteiger partial charge in [-0.1, -0.05) is 0 Å². The number of thiazole rings is 1. The van der Waals surface area contributed by atoms with Crippen LogP contribution in [0.4, 0.5) is 5.13 Å². The highest BCUT2D eigenvalue weighted by molar-refractivity contribution is 7.15. The Kier molecular flexibility index (Phi) is 3.49. The maximum absolute atomic E-state index is 4.91. The number of nitrogens with one attached hydrogen (secondary N) is 1. The minimum atomic E-state index is 0.720. The molecule has 0 aliphatic heterocycles. The largest absolute Gasteiger partial charge is 0.383 e. The summed E-state index contributed by atoms with van der Waals surface area (Å²) in [5, 5.41) is 4.18. The van der Waals surface area contributed by atoms with E-state index in [1.54, 1.807) is 18.4 Å². The van der Waals surface area contributed by atoms with Gasteiger partial charge >= 0.3 is 0 Å². The highest BCUT2D eigenvalue weighted by Gasteiger charge is 2.01. The van der Waals surface area contributed by atoms with Crippen molar-refractivity contribution in [2.75, 3.05) is 25.6 Å². The van der Waals surface area contributed by atoms with Gasteiger partial charge in [0, 0.05) is 18.5 Å². The fourth-order valence-electron chi connectivity index (χ4n) is 0.808. The molecule has 3 nitrogen and oxygen atoms in total. The molecule has 0 unspecified atom stereocenters. The predicted octanol–water partition coefficient (Wildman–Crippen LogP) is 1.82. The van der Waals surface area contributed by atoms with Gasteiger partial charge in [-0.3, -0.25) is 0 Å². The van der Waals surface area contributed by atoms with Crippen LogP contribution in [0.25, 0.3) is 0 Å². The zero-order chi connectivity index (χ0) is 8.97. The Morgan fingerprint density at radius 1 is 1.50 bits per heavy atom. The lowest BCUT2D eigenvalue weighted by Crippen LogP contribution is -2.06. The second-order valence-corrected chi connectivity index (χ2v) is 3.78. The summed E-state index contributed by atoms with van der Waals surface area (Å²) in [5.74, 6) is 0. The van der Waals surface area contributed by atoms with E-state index in [1.807, 2.05) is 6.92 Å². The van der Waals surface area contributed by atoms with Crippen molar-refractivity contribution in [1.82, 2.24) is 4.98 Å². The Morgan fingerprint density at radius 2 is 2.25 bits per heavy atom. The fourth-order valence-corrected chi connectivity index (χ4v) is 1.65. The van der Waals surface area contributed by atoms with Crippen LogP contribution in [0.5, 0.6) is 0 Å². The fraction of sp³-hybridized carbons (Fsp3) is 0.625. The zero-order valence-corrected chi connectivity index (χ0v) is 8.49. The van der Waals surface area contributed by atoms with Gasteiger partial charge in [-0.2, -0.15) is 0 Å². The number of hydrogen-bond donors (Lipinski definition) is 1. The van der Waals surface area contributed by atoms with E-state index >= 15 is 0 Å². The van der Waals surface area contributed by atoms with Gasteiger partial charge in [0.2, 0.25) is 0 Å². The van der Waals surface area contributed by atoms with Crippen LogP contribution in [-0.2, 0) is 4.74 Å². The zero-order valence-electron chi connectivity index (χ0n) is 7.68. The molecule has 1 N–H and O–H groups in total. The van der Waals surface area contributed by atoms with Gasteiger partial charge in [-0.05, 0) is 13.8 Å². The maximum Gasteiger partial charge on any atom is 0.183 e. The summed E-state index contributed by atoms with van der Waals surface area (Å²) in [6.45, 7) is 5.64. The van der Waals surface area contributed by atoms with Gasteiger partial charge in [-0.25, -0.2) is 4.98 Å². The van der Waals surface area contributed by atoms with Crippen molar-refractivity contribution in [2.45, 2.75) is 13.8 Å². The maximum atomic E-state index is 4.91. The van der Waals surface area contributed by atoms with Gasteiger partial charge in [0.25, 0.3) is 0 Å². The van der Waals surface area contributed by atoms with Gasteiger partial charge in [0.15, 0.2) is 5.13 Å². The molecule has 1 rings (SSSR count). The molecule has 0 saturated heterocycles. The van der Waals surface area contributed by atoms with E-state index in [9.17, 15) is 0 Å². The Bertz CT molecular complexity index is 228. The van der Waals surface area contributed by atoms with Crippen molar-refractivity contribution in [1.29, 1.82) is 0 Å². The molecule has 0 atom stereocenters. The summed E-state index contributed by atoms with van der Waals surface area (Å²) < 4.78 is 4.91. The summed E-state index contributed by atoms with van der Waals surface area (Å²) in [5.41, 5.74) is 1.11. The van der Waals surface area contributed by atoms with E-state index in [0.29, 0.717) is 0 Å². The van der Waals surface area contributed by atoms with Crippen LogP contribution in [0, 0.1) is 13.8 Å². The Hall–Kier alpha value is -0.610. The van der Waals surface area contributed by atoms with Gasteiger partial charge < -0.3 is 10.1 Å². The quantitative estimate of drug-likeness (QED) is 0.728. The first kappa shape index (κ1) is 9.48. The molecule has 1 heterocycles. The van der Waals surface area contributed by atoms with Crippen LogP contribution in [0.3, 0.4) is 0 Å². The number of ether oxygens (including phenoxy) is 1. The number of rotatable bonds is 4. The van der Waals surface area contributed by atoms with Crippen LogP contribution in [0.2, 0.25) is 0 Å². The number of methoxy groups -OCH3 is 1. The highest BCUT2D eigenvalue weighted by atomic mass is 32.1. The summed E-state index contributed by atoms with van der Waals surface area (Å²) in [4.78, 5) is 5.61. The van der Waals surface area contributed by atoms with Gasteiger partial charge in [0.05, 0.1) is 12.3 Å². The lowest BCUT2D eigenvalue weighted by molar-refractivity contribution is 0.211. The van der Waals surface area contributed by atoms with Crippen LogP contribution < -0.4 is 5.32 Å². The van der Waals surface area contributed by atoms with E-state index in [4.69, 9.17) is 4.74 Å². The second kappa shape index (κ2) is 4.42. The van der Waals surface area contributed by atoms with E-state index in [1.165, 1.54) is 4.88 Å². The number of aromatic nitrogens is 1. The van der Waals surface area contributed by atoms with E-state index in [-0.39, 0.29) is 0 Å². The van der Waals surface area contributed by atoms with Crippen LogP contribution in [-0.4, -0.2) is 25.2 Å². The molecule has 0 aromatic carbocycles. The topological polar surface area (TPSA) is 34.1 Å². The third-order valence-electron chi connectivity index (χ3n) is 1.61. The molecule has 0 amide bonds. The molecule has 0 spiro atoms. The number of aryl methyl sites for hydroxylation is 2. The smallest absolute Gasteiger partial charge is 0.183 e. The molecular formula is C8H14N2OS. The first-order valence-corrected chi connectivity index (χ1v) is 4.72. The lowest BCUT2D eigenvalue weighted by Gasteiger charge is -1.99. The first-order valence-electron chi connectivity index (χ1n) is 3.91. The molecule has 1 aromatic rings. The van der Waals surface area contributed by atoms with Crippen molar-refractivity contribution < 1.29 is 4.74 Å². The van der Waals surface area contributed by atoms with Crippen LogP contribution in [0.1, 0.15) is 10.6 Å². The monoisotopic (exact) mass is 186 g/mol. The molecule has 0 bridgehead atoms. The molecular weight excluding hydrogens is 172 g/mol. The van der Waals surface area contributed by atoms with Crippen molar-refractivity contribution in [3.63, 3.8) is 0 Å². The van der Waals surface area contributed by atoms with Crippen molar-refractivity contribution in [3.8, 4) is 0 Å². The summed E-state index contributed by atoms with van der Waals surface area (Å²) in [6, 6.07) is 0. The number of nitrogens with zero attached hydrogens (tertiary/aromatic N) is 1. The predicted molar refractivity (Wildman–Crippen MR) is 52.0 cm³/mol. The molecule has 0 fully saturated rings. The summed E-state index contributed by atoms with van der Waals surface area (Å²) in [6.07, 6.45) is 0. The van der Waals surface area contributed by atoms with Gasteiger partial charge in [-0.15, -0.1) is 11.3 Å². The average Bonchev–Trinajstić information content (AvgIpc) is 2.32. The average molecular weight is 186 g/mol. The third-order valence-corrected chi connectivity index (χ3v) is 2.64.